The van der Waals surface area contributed by atoms with Crippen molar-refractivity contribution in [1.29, 1.82) is 0 Å². The standard InChI is InChI=1S/C22H38N4O6/c1-15(2)32-22(30)25-17-14-23-12-8-6-4-5-7-10-16(21(29)31-3)24-19(27)18-11-9-13-26(18)20(17)28/h15-18,23H,4-14H2,1-3H3,(H,24,27)(H,25,30)/t16-,17-,18-/m0/s1. The predicted molar refractivity (Wildman–Crippen MR) is 118 cm³/mol. The number of esters is 1. The molecule has 10 heteroatoms. The Balaban J connectivity index is 2.17. The normalized spacial score (nSPS) is 26.2. The third kappa shape index (κ3) is 7.96. The zero-order valence-electron chi connectivity index (χ0n) is 19.5. The Morgan fingerprint density at radius 2 is 1.78 bits per heavy atom. The van der Waals surface area contributed by atoms with Gasteiger partial charge in [0.15, 0.2) is 0 Å². The third-order valence-corrected chi connectivity index (χ3v) is 5.77. The molecule has 0 bridgehead atoms. The highest BCUT2D eigenvalue weighted by Crippen LogP contribution is 2.20. The molecule has 0 saturated carbocycles. The molecule has 10 nitrogen and oxygen atoms in total. The van der Waals surface area contributed by atoms with Gasteiger partial charge in [0.05, 0.1) is 13.2 Å². The number of ether oxygens (including phenoxy) is 2. The minimum atomic E-state index is -0.848. The largest absolute Gasteiger partial charge is 0.467 e. The summed E-state index contributed by atoms with van der Waals surface area (Å²) in [6, 6.07) is -2.26. The number of nitrogens with zero attached hydrogens (tertiary/aromatic N) is 1. The minimum Gasteiger partial charge on any atom is -0.467 e. The van der Waals surface area contributed by atoms with Crippen molar-refractivity contribution in [2.24, 2.45) is 0 Å². The predicted octanol–water partition coefficient (Wildman–Crippen LogP) is 1.08. The second kappa shape index (κ2) is 13.2. The van der Waals surface area contributed by atoms with Crippen LogP contribution in [0.15, 0.2) is 0 Å². The van der Waals surface area contributed by atoms with Crippen LogP contribution in [0.25, 0.3) is 0 Å². The van der Waals surface area contributed by atoms with Crippen LogP contribution in [0.2, 0.25) is 0 Å². The molecule has 32 heavy (non-hydrogen) atoms. The molecule has 3 N–H and O–H groups in total. The fourth-order valence-electron chi connectivity index (χ4n) is 4.13. The lowest BCUT2D eigenvalue weighted by Gasteiger charge is -2.30. The van der Waals surface area contributed by atoms with Crippen molar-refractivity contribution in [3.63, 3.8) is 0 Å². The van der Waals surface area contributed by atoms with Gasteiger partial charge in [-0.25, -0.2) is 9.59 Å². The monoisotopic (exact) mass is 454 g/mol. The molecule has 0 aromatic rings. The molecule has 0 unspecified atom stereocenters. The molecule has 0 aromatic heterocycles. The van der Waals surface area contributed by atoms with E-state index < -0.39 is 30.2 Å². The van der Waals surface area contributed by atoms with Crippen molar-refractivity contribution >= 4 is 23.9 Å². The highest BCUT2D eigenvalue weighted by molar-refractivity contribution is 5.93. The summed E-state index contributed by atoms with van der Waals surface area (Å²) in [5, 5.41) is 8.68. The van der Waals surface area contributed by atoms with Gasteiger partial charge in [-0.15, -0.1) is 0 Å². The molecule has 2 aliphatic heterocycles. The van der Waals surface area contributed by atoms with Crippen molar-refractivity contribution < 1.29 is 28.7 Å². The first-order valence-corrected chi connectivity index (χ1v) is 11.7. The maximum atomic E-state index is 13.3. The number of amides is 3. The van der Waals surface area contributed by atoms with E-state index in [1.54, 1.807) is 13.8 Å². The molecular formula is C22H38N4O6. The van der Waals surface area contributed by atoms with Crippen LogP contribution in [0.4, 0.5) is 4.79 Å². The maximum absolute atomic E-state index is 13.3. The van der Waals surface area contributed by atoms with Gasteiger partial charge >= 0.3 is 12.1 Å². The SMILES string of the molecule is COC(=O)[C@@H]1CCCCCCCNC[C@H](NC(=O)OC(C)C)C(=O)N2CCC[C@H]2C(=O)N1. The number of fused-ring (bicyclic) bond motifs is 1. The summed E-state index contributed by atoms with van der Waals surface area (Å²) in [7, 11) is 1.30. The van der Waals surface area contributed by atoms with Crippen molar-refractivity contribution in [3.05, 3.63) is 0 Å². The van der Waals surface area contributed by atoms with E-state index >= 15 is 0 Å². The van der Waals surface area contributed by atoms with E-state index in [1.165, 1.54) is 12.0 Å². The zero-order chi connectivity index (χ0) is 23.5. The molecule has 2 fully saturated rings. The van der Waals surface area contributed by atoms with Gasteiger partial charge in [-0.05, 0) is 46.1 Å². The summed E-state index contributed by atoms with van der Waals surface area (Å²) in [4.78, 5) is 52.2. The van der Waals surface area contributed by atoms with Gasteiger partial charge in [-0.2, -0.15) is 0 Å². The van der Waals surface area contributed by atoms with Crippen LogP contribution in [0.3, 0.4) is 0 Å². The molecule has 0 aliphatic carbocycles. The smallest absolute Gasteiger partial charge is 0.408 e. The van der Waals surface area contributed by atoms with Crippen molar-refractivity contribution in [1.82, 2.24) is 20.9 Å². The quantitative estimate of drug-likeness (QED) is 0.545. The molecule has 2 aliphatic rings. The minimum absolute atomic E-state index is 0.252. The number of carbonyl (C=O) groups is 4. The summed E-state index contributed by atoms with van der Waals surface area (Å²) in [5.74, 6) is -1.18. The van der Waals surface area contributed by atoms with E-state index in [4.69, 9.17) is 9.47 Å². The zero-order valence-corrected chi connectivity index (χ0v) is 19.5. The Morgan fingerprint density at radius 3 is 2.50 bits per heavy atom. The van der Waals surface area contributed by atoms with E-state index in [2.05, 4.69) is 16.0 Å². The fourth-order valence-corrected chi connectivity index (χ4v) is 4.13. The number of hydrogen-bond acceptors (Lipinski definition) is 7. The Kier molecular flexibility index (Phi) is 10.7. The summed E-state index contributed by atoms with van der Waals surface area (Å²) < 4.78 is 10.0. The van der Waals surface area contributed by atoms with E-state index in [0.717, 1.165) is 38.6 Å². The van der Waals surface area contributed by atoms with Gasteiger partial charge in [-0.3, -0.25) is 9.59 Å². The second-order valence-electron chi connectivity index (χ2n) is 8.69. The van der Waals surface area contributed by atoms with E-state index in [-0.39, 0.29) is 24.5 Å². The average molecular weight is 455 g/mol. The van der Waals surface area contributed by atoms with Crippen LogP contribution in [0.1, 0.15) is 65.2 Å². The highest BCUT2D eigenvalue weighted by atomic mass is 16.6. The number of methoxy groups -OCH3 is 1. The molecular weight excluding hydrogens is 416 g/mol. The van der Waals surface area contributed by atoms with Crippen LogP contribution in [-0.4, -0.2) is 79.8 Å². The topological polar surface area (TPSA) is 126 Å². The molecule has 2 rings (SSSR count). The van der Waals surface area contributed by atoms with Crippen LogP contribution in [-0.2, 0) is 23.9 Å². The van der Waals surface area contributed by atoms with Crippen molar-refractivity contribution in [2.45, 2.75) is 89.4 Å². The van der Waals surface area contributed by atoms with Crippen LogP contribution in [0.5, 0.6) is 0 Å². The van der Waals surface area contributed by atoms with Crippen LogP contribution < -0.4 is 16.0 Å². The van der Waals surface area contributed by atoms with Gasteiger partial charge in [0, 0.05) is 13.1 Å². The molecule has 2 heterocycles. The molecule has 3 amide bonds. The lowest BCUT2D eigenvalue weighted by molar-refractivity contribution is -0.146. The highest BCUT2D eigenvalue weighted by Gasteiger charge is 2.39. The number of nitrogens with one attached hydrogen (secondary N) is 3. The Hall–Kier alpha value is -2.36. The summed E-state index contributed by atoms with van der Waals surface area (Å²) in [6.45, 7) is 4.85. The second-order valence-corrected chi connectivity index (χ2v) is 8.69. The summed E-state index contributed by atoms with van der Waals surface area (Å²) in [5.41, 5.74) is 0. The van der Waals surface area contributed by atoms with Crippen molar-refractivity contribution in [3.8, 4) is 0 Å². The lowest BCUT2D eigenvalue weighted by Crippen LogP contribution is -2.57. The third-order valence-electron chi connectivity index (χ3n) is 5.77. The first-order chi connectivity index (χ1) is 15.3. The van der Waals surface area contributed by atoms with E-state index in [0.29, 0.717) is 25.8 Å². The maximum Gasteiger partial charge on any atom is 0.408 e. The Labute approximate surface area is 190 Å². The molecule has 0 radical (unpaired) electrons. The molecule has 2 saturated heterocycles. The average Bonchev–Trinajstić information content (AvgIpc) is 3.24. The van der Waals surface area contributed by atoms with Gasteiger partial charge in [0.25, 0.3) is 0 Å². The first kappa shape index (κ1) is 25.9. The van der Waals surface area contributed by atoms with Crippen molar-refractivity contribution in [2.75, 3.05) is 26.7 Å². The Bertz CT molecular complexity index is 656. The van der Waals surface area contributed by atoms with Gasteiger partial charge in [-0.1, -0.05) is 25.7 Å². The number of carbonyl (C=O) groups excluding carboxylic acids is 4. The van der Waals surface area contributed by atoms with Crippen LogP contribution >= 0.6 is 0 Å². The van der Waals surface area contributed by atoms with Gasteiger partial charge in [0.1, 0.15) is 18.1 Å². The molecule has 3 atom stereocenters. The molecule has 0 aromatic carbocycles. The number of hydrogen-bond donors (Lipinski definition) is 3. The van der Waals surface area contributed by atoms with E-state index in [1.807, 2.05) is 0 Å². The lowest BCUT2D eigenvalue weighted by atomic mass is 10.0. The van der Waals surface area contributed by atoms with Gasteiger partial charge < -0.3 is 30.3 Å². The fraction of sp³-hybridized carbons (Fsp3) is 0.818. The van der Waals surface area contributed by atoms with Gasteiger partial charge in [0.2, 0.25) is 11.8 Å². The Morgan fingerprint density at radius 1 is 1.06 bits per heavy atom. The number of alkyl carbamates (subject to hydrolysis) is 1. The summed E-state index contributed by atoms with van der Waals surface area (Å²) in [6.07, 6.45) is 5.44. The first-order valence-electron chi connectivity index (χ1n) is 11.7. The number of rotatable bonds is 3. The van der Waals surface area contributed by atoms with Crippen LogP contribution in [0, 0.1) is 0 Å². The molecule has 0 spiro atoms. The molecule has 182 valence electrons. The van der Waals surface area contributed by atoms with E-state index in [9.17, 15) is 19.2 Å². The summed E-state index contributed by atoms with van der Waals surface area (Å²) >= 11 is 0.